The van der Waals surface area contributed by atoms with Crippen molar-refractivity contribution in [2.24, 2.45) is 0 Å². The zero-order valence-electron chi connectivity index (χ0n) is 19.9. The second kappa shape index (κ2) is 9.84. The van der Waals surface area contributed by atoms with E-state index in [1.54, 1.807) is 30.3 Å². The molecule has 0 aliphatic carbocycles. The minimum atomic E-state index is -4.64. The van der Waals surface area contributed by atoms with Gasteiger partial charge in [-0.15, -0.1) is 0 Å². The van der Waals surface area contributed by atoms with Gasteiger partial charge in [0.25, 0.3) is 10.0 Å². The Kier molecular flexibility index (Phi) is 6.70. The third-order valence-corrected chi connectivity index (χ3v) is 8.24. The van der Waals surface area contributed by atoms with E-state index in [4.69, 9.17) is 4.42 Å². The van der Waals surface area contributed by atoms with E-state index in [1.165, 1.54) is 22.5 Å². The Balaban J connectivity index is 1.30. The number of phenolic OH excluding ortho intramolecular Hbond substituents is 1. The lowest BCUT2D eigenvalue weighted by atomic mass is 10.00. The van der Waals surface area contributed by atoms with E-state index in [2.05, 4.69) is 9.97 Å². The largest absolute Gasteiger partial charge is 0.507 e. The zero-order valence-corrected chi connectivity index (χ0v) is 20.7. The van der Waals surface area contributed by atoms with Crippen LogP contribution in [-0.2, 0) is 27.4 Å². The topological polar surface area (TPSA) is 114 Å². The number of para-hydroxylation sites is 1. The molecule has 0 radical (unpaired) electrons. The Labute approximate surface area is 215 Å². The second-order valence-electron chi connectivity index (χ2n) is 8.98. The molecular weight excluding hydrogens is 523 g/mol. The fraction of sp³-hybridized carbons (Fsp3) is 0.269. The molecule has 1 aliphatic heterocycles. The Bertz CT molecular complexity index is 1570. The third kappa shape index (κ3) is 5.01. The number of fused-ring (bicyclic) bond motifs is 1. The average Bonchev–Trinajstić information content (AvgIpc) is 3.56. The molecule has 1 saturated heterocycles. The van der Waals surface area contributed by atoms with Crippen molar-refractivity contribution in [2.45, 2.75) is 43.0 Å². The molecule has 0 unspecified atom stereocenters. The molecule has 38 heavy (non-hydrogen) atoms. The highest BCUT2D eigenvalue weighted by Crippen LogP contribution is 2.33. The van der Waals surface area contributed by atoms with Crippen molar-refractivity contribution < 1.29 is 35.9 Å². The standard InChI is InChI=1S/C26H22F3N3O5S/c27-26(28,29)24-15-30-19(14-31-24)18-12-16(7-9-21(18)33)8-10-22(34)20-5-3-11-32(20)38(35,36)25-13-17-4-1-2-6-23(17)37-25/h1-2,4,6-7,9,12-15,20,33H,3,5,8,10-11H2/t20-/m0/s1. The summed E-state index contributed by atoms with van der Waals surface area (Å²) in [7, 11) is -4.02. The summed E-state index contributed by atoms with van der Waals surface area (Å²) in [4.78, 5) is 20.3. The lowest BCUT2D eigenvalue weighted by Crippen LogP contribution is -2.40. The van der Waals surface area contributed by atoms with Gasteiger partial charge in [0.2, 0.25) is 5.09 Å². The van der Waals surface area contributed by atoms with Gasteiger partial charge in [0.05, 0.1) is 24.1 Å². The van der Waals surface area contributed by atoms with Gasteiger partial charge in [0.15, 0.2) is 11.5 Å². The molecule has 0 bridgehead atoms. The highest BCUT2D eigenvalue weighted by molar-refractivity contribution is 7.89. The number of furan rings is 1. The molecule has 1 N–H and O–H groups in total. The number of Topliss-reactive ketones (excluding diaryl/α,β-unsaturated/α-hetero) is 1. The van der Waals surface area contributed by atoms with E-state index >= 15 is 0 Å². The number of alkyl halides is 3. The van der Waals surface area contributed by atoms with Gasteiger partial charge < -0.3 is 9.52 Å². The SMILES string of the molecule is O=C(CCc1ccc(O)c(-c2cnc(C(F)(F)F)cn2)c1)[C@@H]1CCCN1S(=O)(=O)c1cc2ccccc2o1. The number of halogens is 3. The first-order chi connectivity index (χ1) is 18.0. The summed E-state index contributed by atoms with van der Waals surface area (Å²) >= 11 is 0. The van der Waals surface area contributed by atoms with Crippen LogP contribution in [0.15, 0.2) is 70.4 Å². The first-order valence-electron chi connectivity index (χ1n) is 11.8. The molecular formula is C26H22F3N3O5S. The van der Waals surface area contributed by atoms with Crippen LogP contribution in [0, 0.1) is 0 Å². The fourth-order valence-corrected chi connectivity index (χ4v) is 6.17. The maximum absolute atomic E-state index is 13.3. The van der Waals surface area contributed by atoms with Crippen LogP contribution in [-0.4, -0.2) is 46.2 Å². The van der Waals surface area contributed by atoms with Gasteiger partial charge in [0.1, 0.15) is 11.3 Å². The van der Waals surface area contributed by atoms with E-state index in [0.717, 1.165) is 6.20 Å². The molecule has 1 aliphatic rings. The molecule has 3 heterocycles. The number of rotatable bonds is 7. The smallest absolute Gasteiger partial charge is 0.434 e. The van der Waals surface area contributed by atoms with Crippen LogP contribution in [0.4, 0.5) is 13.2 Å². The summed E-state index contributed by atoms with van der Waals surface area (Å²) < 4.78 is 71.7. The summed E-state index contributed by atoms with van der Waals surface area (Å²) in [6, 6.07) is 12.0. The minimum absolute atomic E-state index is 0.0275. The molecule has 12 heteroatoms. The van der Waals surface area contributed by atoms with Crippen LogP contribution in [0.5, 0.6) is 5.75 Å². The lowest BCUT2D eigenvalue weighted by molar-refractivity contribution is -0.141. The Hall–Kier alpha value is -3.77. The minimum Gasteiger partial charge on any atom is -0.507 e. The summed E-state index contributed by atoms with van der Waals surface area (Å²) in [6.45, 7) is 0.200. The Morgan fingerprint density at radius 2 is 1.89 bits per heavy atom. The van der Waals surface area contributed by atoms with Crippen molar-refractivity contribution in [2.75, 3.05) is 6.54 Å². The van der Waals surface area contributed by atoms with Gasteiger partial charge in [-0.3, -0.25) is 9.78 Å². The van der Waals surface area contributed by atoms with Crippen molar-refractivity contribution in [3.05, 3.63) is 72.2 Å². The number of phenols is 1. The summed E-state index contributed by atoms with van der Waals surface area (Å²) in [5.41, 5.74) is 0.126. The number of benzene rings is 2. The van der Waals surface area contributed by atoms with E-state index in [9.17, 15) is 31.5 Å². The van der Waals surface area contributed by atoms with Crippen LogP contribution in [0.3, 0.4) is 0 Å². The van der Waals surface area contributed by atoms with Crippen molar-refractivity contribution in [1.29, 1.82) is 0 Å². The van der Waals surface area contributed by atoms with Crippen LogP contribution in [0.1, 0.15) is 30.5 Å². The van der Waals surface area contributed by atoms with Crippen molar-refractivity contribution in [1.82, 2.24) is 14.3 Å². The molecule has 0 spiro atoms. The molecule has 198 valence electrons. The number of carbonyl (C=O) groups is 1. The van der Waals surface area contributed by atoms with Crippen LogP contribution >= 0.6 is 0 Å². The Morgan fingerprint density at radius 1 is 1.11 bits per heavy atom. The van der Waals surface area contributed by atoms with E-state index in [0.29, 0.717) is 35.6 Å². The molecule has 0 amide bonds. The molecule has 2 aromatic heterocycles. The van der Waals surface area contributed by atoms with E-state index in [-0.39, 0.29) is 47.3 Å². The number of carbonyl (C=O) groups excluding carboxylic acids is 1. The van der Waals surface area contributed by atoms with Crippen LogP contribution < -0.4 is 0 Å². The number of hydrogen-bond acceptors (Lipinski definition) is 7. The fourth-order valence-electron chi connectivity index (χ4n) is 4.54. The number of aryl methyl sites for hydroxylation is 1. The van der Waals surface area contributed by atoms with E-state index in [1.807, 2.05) is 0 Å². The number of aromatic hydroxyl groups is 1. The van der Waals surface area contributed by atoms with Crippen molar-refractivity contribution >= 4 is 26.8 Å². The Morgan fingerprint density at radius 3 is 2.61 bits per heavy atom. The molecule has 1 atom stereocenters. The molecule has 4 aromatic rings. The third-order valence-electron chi connectivity index (χ3n) is 6.48. The molecule has 2 aromatic carbocycles. The lowest BCUT2D eigenvalue weighted by Gasteiger charge is -2.21. The number of nitrogens with zero attached hydrogens (tertiary/aromatic N) is 3. The summed E-state index contributed by atoms with van der Waals surface area (Å²) in [5, 5.41) is 10.7. The predicted molar refractivity (Wildman–Crippen MR) is 131 cm³/mol. The summed E-state index contributed by atoms with van der Waals surface area (Å²) in [5.74, 6) is -0.459. The number of ketones is 1. The van der Waals surface area contributed by atoms with E-state index < -0.39 is 27.9 Å². The normalized spacial score (nSPS) is 16.8. The molecule has 1 fully saturated rings. The summed E-state index contributed by atoms with van der Waals surface area (Å²) in [6.07, 6.45) is -1.95. The van der Waals surface area contributed by atoms with Gasteiger partial charge in [-0.05, 0) is 43.0 Å². The number of sulfonamides is 1. The first-order valence-corrected chi connectivity index (χ1v) is 13.2. The van der Waals surface area contributed by atoms with Crippen molar-refractivity contribution in [3.63, 3.8) is 0 Å². The average molecular weight is 546 g/mol. The van der Waals surface area contributed by atoms with Gasteiger partial charge in [-0.1, -0.05) is 24.3 Å². The van der Waals surface area contributed by atoms with Gasteiger partial charge >= 0.3 is 6.18 Å². The first kappa shape index (κ1) is 25.9. The van der Waals surface area contributed by atoms with Gasteiger partial charge in [0, 0.05) is 30.0 Å². The maximum Gasteiger partial charge on any atom is 0.434 e. The molecule has 8 nitrogen and oxygen atoms in total. The van der Waals surface area contributed by atoms with Crippen LogP contribution in [0.2, 0.25) is 0 Å². The molecule has 5 rings (SSSR count). The van der Waals surface area contributed by atoms with Gasteiger partial charge in [-0.2, -0.15) is 17.5 Å². The predicted octanol–water partition coefficient (Wildman–Crippen LogP) is 4.97. The zero-order chi connectivity index (χ0) is 27.1. The van der Waals surface area contributed by atoms with Gasteiger partial charge in [-0.25, -0.2) is 13.4 Å². The number of hydrogen-bond donors (Lipinski definition) is 1. The maximum atomic E-state index is 13.3. The van der Waals surface area contributed by atoms with Crippen molar-refractivity contribution in [3.8, 4) is 17.0 Å². The monoisotopic (exact) mass is 545 g/mol. The highest BCUT2D eigenvalue weighted by atomic mass is 32.2. The quantitative estimate of drug-likeness (QED) is 0.349. The second-order valence-corrected chi connectivity index (χ2v) is 10.8. The van der Waals surface area contributed by atoms with Crippen LogP contribution in [0.25, 0.3) is 22.2 Å². The number of aromatic nitrogens is 2. The highest BCUT2D eigenvalue weighted by Gasteiger charge is 2.40. The molecule has 0 saturated carbocycles.